The van der Waals surface area contributed by atoms with E-state index in [0.29, 0.717) is 5.15 Å². The Kier molecular flexibility index (Phi) is 3.05. The average Bonchev–Trinajstić information content (AvgIpc) is 2.09. The number of hydrogen-bond acceptors (Lipinski definition) is 2. The van der Waals surface area contributed by atoms with E-state index in [1.807, 2.05) is 0 Å². The Morgan fingerprint density at radius 1 is 1.75 bits per heavy atom. The van der Waals surface area contributed by atoms with Crippen molar-refractivity contribution < 1.29 is 4.79 Å². The number of pyridine rings is 1. The number of rotatable bonds is 2. The molecule has 0 spiro atoms. The summed E-state index contributed by atoms with van der Waals surface area (Å²) in [5, 5.41) is 2.91. The molecule has 1 heterocycles. The Hall–Kier alpha value is -1.09. The van der Waals surface area contributed by atoms with E-state index in [2.05, 4.69) is 10.3 Å². The van der Waals surface area contributed by atoms with Crippen LogP contribution in [0.5, 0.6) is 0 Å². The Morgan fingerprint density at radius 2 is 2.50 bits per heavy atom. The Balaban J connectivity index is 2.75. The lowest BCUT2D eigenvalue weighted by Gasteiger charge is -2.00. The van der Waals surface area contributed by atoms with Crippen molar-refractivity contribution in [2.45, 2.75) is 6.42 Å². The molecule has 0 saturated carbocycles. The van der Waals surface area contributed by atoms with E-state index in [0.717, 1.165) is 5.56 Å². The summed E-state index contributed by atoms with van der Waals surface area (Å²) in [5.41, 5.74) is 0.749. The third-order valence-electron chi connectivity index (χ3n) is 1.47. The predicted octanol–water partition coefficient (Wildman–Crippen LogP) is 1.02. The first-order valence-corrected chi connectivity index (χ1v) is 3.92. The van der Waals surface area contributed by atoms with Gasteiger partial charge in [-0.15, -0.1) is 0 Å². The smallest absolute Gasteiger partial charge is 0.224 e. The van der Waals surface area contributed by atoms with Crippen LogP contribution in [-0.4, -0.2) is 17.9 Å². The van der Waals surface area contributed by atoms with E-state index in [1.165, 1.54) is 0 Å². The molecule has 1 aromatic rings. The number of carbonyl (C=O) groups is 1. The molecule has 1 aromatic heterocycles. The highest BCUT2D eigenvalue weighted by Gasteiger charge is 2.04. The topological polar surface area (TPSA) is 42.0 Å². The summed E-state index contributed by atoms with van der Waals surface area (Å²) >= 11 is 5.73. The molecule has 0 fully saturated rings. The third-order valence-corrected chi connectivity index (χ3v) is 1.81. The third kappa shape index (κ3) is 2.20. The molecule has 1 N–H and O–H groups in total. The molecule has 0 bridgehead atoms. The maximum atomic E-state index is 10.9. The van der Waals surface area contributed by atoms with Gasteiger partial charge in [0.1, 0.15) is 5.15 Å². The van der Waals surface area contributed by atoms with Crippen LogP contribution in [0.25, 0.3) is 0 Å². The number of nitrogens with zero attached hydrogens (tertiary/aromatic N) is 1. The molecule has 0 aliphatic carbocycles. The van der Waals surface area contributed by atoms with Crippen LogP contribution in [0.4, 0.5) is 0 Å². The normalized spacial score (nSPS) is 9.50. The summed E-state index contributed by atoms with van der Waals surface area (Å²) in [4.78, 5) is 14.8. The van der Waals surface area contributed by atoms with E-state index < -0.39 is 0 Å². The van der Waals surface area contributed by atoms with Crippen LogP contribution in [0.3, 0.4) is 0 Å². The zero-order chi connectivity index (χ0) is 8.97. The maximum Gasteiger partial charge on any atom is 0.224 e. The fourth-order valence-corrected chi connectivity index (χ4v) is 0.999. The predicted molar refractivity (Wildman–Crippen MR) is 47.0 cm³/mol. The molecule has 12 heavy (non-hydrogen) atoms. The first-order chi connectivity index (χ1) is 5.74. The maximum absolute atomic E-state index is 10.9. The van der Waals surface area contributed by atoms with Crippen molar-refractivity contribution in [2.75, 3.05) is 7.05 Å². The van der Waals surface area contributed by atoms with Gasteiger partial charge in [0.25, 0.3) is 0 Å². The van der Waals surface area contributed by atoms with Crippen LogP contribution >= 0.6 is 11.6 Å². The molecule has 0 aliphatic heterocycles. The van der Waals surface area contributed by atoms with Crippen LogP contribution in [-0.2, 0) is 11.2 Å². The van der Waals surface area contributed by atoms with Gasteiger partial charge >= 0.3 is 0 Å². The van der Waals surface area contributed by atoms with Crippen molar-refractivity contribution in [2.24, 2.45) is 0 Å². The van der Waals surface area contributed by atoms with Gasteiger partial charge in [-0.05, 0) is 11.6 Å². The van der Waals surface area contributed by atoms with Crippen molar-refractivity contribution in [1.82, 2.24) is 10.3 Å². The number of nitrogens with one attached hydrogen (secondary N) is 1. The van der Waals surface area contributed by atoms with Crippen LogP contribution in [0, 0.1) is 0 Å². The molecule has 0 radical (unpaired) electrons. The summed E-state index contributed by atoms with van der Waals surface area (Å²) in [6.07, 6.45) is 1.87. The van der Waals surface area contributed by atoms with Gasteiger partial charge in [-0.25, -0.2) is 4.98 Å². The van der Waals surface area contributed by atoms with E-state index in [4.69, 9.17) is 11.6 Å². The van der Waals surface area contributed by atoms with Gasteiger partial charge in [0.05, 0.1) is 6.42 Å². The summed E-state index contributed by atoms with van der Waals surface area (Å²) in [6.45, 7) is 0. The zero-order valence-electron chi connectivity index (χ0n) is 6.67. The Bertz CT molecular complexity index is 288. The van der Waals surface area contributed by atoms with Crippen LogP contribution in [0.1, 0.15) is 5.56 Å². The van der Waals surface area contributed by atoms with Crippen LogP contribution < -0.4 is 5.32 Å². The van der Waals surface area contributed by atoms with Gasteiger partial charge in [0.2, 0.25) is 5.91 Å². The molecule has 1 amide bonds. The fraction of sp³-hybridized carbons (Fsp3) is 0.250. The van der Waals surface area contributed by atoms with Crippen molar-refractivity contribution in [1.29, 1.82) is 0 Å². The van der Waals surface area contributed by atoms with Crippen LogP contribution in [0.15, 0.2) is 18.3 Å². The minimum absolute atomic E-state index is 0.0649. The SMILES string of the molecule is CNC(=O)Cc1cccnc1Cl. The summed E-state index contributed by atoms with van der Waals surface area (Å²) in [5.74, 6) is -0.0649. The van der Waals surface area contributed by atoms with E-state index >= 15 is 0 Å². The standard InChI is InChI=1S/C8H9ClN2O/c1-10-7(12)5-6-3-2-4-11-8(6)9/h2-4H,5H2,1H3,(H,10,12). The number of hydrogen-bond donors (Lipinski definition) is 1. The quantitative estimate of drug-likeness (QED) is 0.698. The monoisotopic (exact) mass is 184 g/mol. The van der Waals surface area contributed by atoms with Crippen molar-refractivity contribution in [3.05, 3.63) is 29.0 Å². The largest absolute Gasteiger partial charge is 0.359 e. The van der Waals surface area contributed by atoms with E-state index in [9.17, 15) is 4.79 Å². The highest BCUT2D eigenvalue weighted by Crippen LogP contribution is 2.11. The van der Waals surface area contributed by atoms with Gasteiger partial charge in [0, 0.05) is 13.2 Å². The number of amides is 1. The molecule has 0 aromatic carbocycles. The number of halogens is 1. The first-order valence-electron chi connectivity index (χ1n) is 3.54. The lowest BCUT2D eigenvalue weighted by Crippen LogP contribution is -2.20. The molecular weight excluding hydrogens is 176 g/mol. The zero-order valence-corrected chi connectivity index (χ0v) is 7.43. The highest BCUT2D eigenvalue weighted by molar-refractivity contribution is 6.30. The second-order valence-electron chi connectivity index (χ2n) is 2.30. The molecule has 1 rings (SSSR count). The van der Waals surface area contributed by atoms with Crippen molar-refractivity contribution in [3.8, 4) is 0 Å². The molecule has 0 aliphatic rings. The average molecular weight is 185 g/mol. The van der Waals surface area contributed by atoms with E-state index in [1.54, 1.807) is 25.4 Å². The number of carbonyl (C=O) groups excluding carboxylic acids is 1. The molecule has 64 valence electrons. The lowest BCUT2D eigenvalue weighted by atomic mass is 10.2. The minimum atomic E-state index is -0.0649. The van der Waals surface area contributed by atoms with Gasteiger partial charge in [-0.2, -0.15) is 0 Å². The second-order valence-corrected chi connectivity index (χ2v) is 2.66. The number of aromatic nitrogens is 1. The second kappa shape index (κ2) is 4.07. The molecule has 3 nitrogen and oxygen atoms in total. The van der Waals surface area contributed by atoms with Crippen LogP contribution in [0.2, 0.25) is 5.15 Å². The molecular formula is C8H9ClN2O. The van der Waals surface area contributed by atoms with Crippen molar-refractivity contribution in [3.63, 3.8) is 0 Å². The summed E-state index contributed by atoms with van der Waals surface area (Å²) in [6, 6.07) is 3.54. The molecule has 0 unspecified atom stereocenters. The number of likely N-dealkylation sites (N-methyl/N-ethyl adjacent to an activating group) is 1. The summed E-state index contributed by atoms with van der Waals surface area (Å²) < 4.78 is 0. The Labute approximate surface area is 75.8 Å². The lowest BCUT2D eigenvalue weighted by molar-refractivity contribution is -0.119. The summed E-state index contributed by atoms with van der Waals surface area (Å²) in [7, 11) is 1.59. The van der Waals surface area contributed by atoms with Crippen molar-refractivity contribution >= 4 is 17.5 Å². The van der Waals surface area contributed by atoms with Gasteiger partial charge in [0.15, 0.2) is 0 Å². The van der Waals surface area contributed by atoms with Gasteiger partial charge in [-0.3, -0.25) is 4.79 Å². The minimum Gasteiger partial charge on any atom is -0.359 e. The highest BCUT2D eigenvalue weighted by atomic mass is 35.5. The van der Waals surface area contributed by atoms with E-state index in [-0.39, 0.29) is 12.3 Å². The fourth-order valence-electron chi connectivity index (χ4n) is 0.813. The molecule has 0 atom stereocenters. The Morgan fingerprint density at radius 3 is 3.08 bits per heavy atom. The molecule has 4 heteroatoms. The molecule has 0 saturated heterocycles. The first kappa shape index (κ1) is 9.00. The van der Waals surface area contributed by atoms with Gasteiger partial charge in [-0.1, -0.05) is 17.7 Å². The van der Waals surface area contributed by atoms with Gasteiger partial charge < -0.3 is 5.32 Å².